The number of nitrogens with zero attached hydrogens (tertiary/aromatic N) is 1. The minimum absolute atomic E-state index is 0.0337. The second kappa shape index (κ2) is 11.6. The maximum absolute atomic E-state index is 2.49. The molecule has 0 radical (unpaired) electrons. The SMILES string of the molecule is Cc1c(/C=C\C(C)C)sc2ccc(N(c3ccc4c(c3)-c3ccccc3C4(C)C)c3ccc4c(c3)c3c(c5ccccc54)C(C)CC=C3)cc12. The Morgan fingerprint density at radius 3 is 2.20 bits per heavy atom. The third-order valence-corrected chi connectivity index (χ3v) is 12.5. The van der Waals surface area contributed by atoms with Crippen LogP contribution >= 0.6 is 11.3 Å². The molecule has 0 aliphatic heterocycles. The molecule has 6 aromatic carbocycles. The van der Waals surface area contributed by atoms with Gasteiger partial charge in [0.1, 0.15) is 0 Å². The summed E-state index contributed by atoms with van der Waals surface area (Å²) >= 11 is 1.89. The van der Waals surface area contributed by atoms with Crippen LogP contribution in [0.4, 0.5) is 17.1 Å². The van der Waals surface area contributed by atoms with Crippen molar-refractivity contribution in [2.75, 3.05) is 4.90 Å². The first-order valence-corrected chi connectivity index (χ1v) is 18.9. The van der Waals surface area contributed by atoms with Crippen LogP contribution in [0.15, 0.2) is 115 Å². The standard InChI is InChI=1S/C48H43NS/c1-29(2)18-24-45-31(4)40-26-34(21-25-46(40)50-45)49(33-20-23-44-42(28-33)37-14-9-10-17-43(37)48(44,5)6)32-19-22-36-35-13-7-8-15-38(35)47-30(3)12-11-16-39(47)41(36)27-32/h7-11,13-30H,12H2,1-6H3/b24-18-. The Labute approximate surface area is 300 Å². The molecule has 1 atom stereocenters. The number of allylic oxidation sites excluding steroid dienone is 2. The van der Waals surface area contributed by atoms with E-state index >= 15 is 0 Å². The molecule has 0 amide bonds. The predicted molar refractivity (Wildman–Crippen MR) is 220 cm³/mol. The predicted octanol–water partition coefficient (Wildman–Crippen LogP) is 14.5. The van der Waals surface area contributed by atoms with Gasteiger partial charge in [0, 0.05) is 32.1 Å². The minimum Gasteiger partial charge on any atom is -0.310 e. The Hall–Kier alpha value is -4.92. The van der Waals surface area contributed by atoms with Crippen molar-refractivity contribution in [3.05, 3.63) is 148 Å². The van der Waals surface area contributed by atoms with E-state index in [4.69, 9.17) is 0 Å². The van der Waals surface area contributed by atoms with E-state index in [2.05, 4.69) is 174 Å². The monoisotopic (exact) mass is 665 g/mol. The number of benzene rings is 6. The summed E-state index contributed by atoms with van der Waals surface area (Å²) in [4.78, 5) is 3.84. The number of fused-ring (bicyclic) bond motifs is 10. The van der Waals surface area contributed by atoms with Gasteiger partial charge in [-0.15, -0.1) is 11.3 Å². The molecule has 2 heteroatoms. The lowest BCUT2D eigenvalue weighted by Crippen LogP contribution is -2.15. The molecular weight excluding hydrogens is 623 g/mol. The molecule has 1 heterocycles. The van der Waals surface area contributed by atoms with Gasteiger partial charge in [0.05, 0.1) is 0 Å². The first-order chi connectivity index (χ1) is 24.2. The van der Waals surface area contributed by atoms with Gasteiger partial charge in [-0.25, -0.2) is 0 Å². The van der Waals surface area contributed by atoms with E-state index < -0.39 is 0 Å². The summed E-state index contributed by atoms with van der Waals surface area (Å²) in [5, 5.41) is 6.70. The van der Waals surface area contributed by atoms with E-state index in [1.54, 1.807) is 0 Å². The third-order valence-electron chi connectivity index (χ3n) is 11.3. The first-order valence-electron chi connectivity index (χ1n) is 18.1. The molecule has 9 rings (SSSR count). The van der Waals surface area contributed by atoms with Gasteiger partial charge in [-0.1, -0.05) is 114 Å². The topological polar surface area (TPSA) is 3.24 Å². The summed E-state index contributed by atoms with van der Waals surface area (Å²) in [6.07, 6.45) is 10.4. The zero-order valence-corrected chi connectivity index (χ0v) is 30.7. The lowest BCUT2D eigenvalue weighted by Gasteiger charge is -2.29. The number of anilines is 3. The molecule has 0 bridgehead atoms. The van der Waals surface area contributed by atoms with Crippen LogP contribution in [0.1, 0.15) is 79.7 Å². The van der Waals surface area contributed by atoms with Crippen molar-refractivity contribution in [2.45, 2.75) is 59.3 Å². The molecule has 1 unspecified atom stereocenters. The van der Waals surface area contributed by atoms with Crippen LogP contribution in [0, 0.1) is 12.8 Å². The average Bonchev–Trinajstić information content (AvgIpc) is 3.56. The summed E-state index contributed by atoms with van der Waals surface area (Å²) in [7, 11) is 0. The lowest BCUT2D eigenvalue weighted by atomic mass is 9.81. The molecule has 2 aliphatic carbocycles. The first kappa shape index (κ1) is 31.1. The van der Waals surface area contributed by atoms with Crippen LogP contribution in [0.5, 0.6) is 0 Å². The second-order valence-electron chi connectivity index (χ2n) is 15.3. The zero-order valence-electron chi connectivity index (χ0n) is 29.8. The molecular formula is C48H43NS. The molecule has 0 saturated heterocycles. The van der Waals surface area contributed by atoms with Crippen LogP contribution in [0.25, 0.3) is 54.9 Å². The maximum atomic E-state index is 2.49. The van der Waals surface area contributed by atoms with E-state index in [9.17, 15) is 0 Å². The Kier molecular flexibility index (Phi) is 7.20. The van der Waals surface area contributed by atoms with E-state index in [0.717, 1.165) is 6.42 Å². The van der Waals surface area contributed by atoms with Crippen molar-refractivity contribution in [2.24, 2.45) is 5.92 Å². The number of rotatable bonds is 5. The molecule has 0 saturated carbocycles. The van der Waals surface area contributed by atoms with Gasteiger partial charge in [0.15, 0.2) is 0 Å². The van der Waals surface area contributed by atoms with E-state index in [1.807, 2.05) is 11.3 Å². The van der Waals surface area contributed by atoms with Crippen molar-refractivity contribution in [1.29, 1.82) is 0 Å². The Morgan fingerprint density at radius 1 is 0.720 bits per heavy atom. The molecule has 0 spiro atoms. The average molecular weight is 666 g/mol. The second-order valence-corrected chi connectivity index (χ2v) is 16.3. The Balaban J connectivity index is 1.30. The fourth-order valence-electron chi connectivity index (χ4n) is 8.69. The van der Waals surface area contributed by atoms with Gasteiger partial charge in [-0.3, -0.25) is 0 Å². The van der Waals surface area contributed by atoms with E-state index in [-0.39, 0.29) is 5.41 Å². The van der Waals surface area contributed by atoms with Crippen molar-refractivity contribution in [3.8, 4) is 11.1 Å². The van der Waals surface area contributed by atoms with Crippen molar-refractivity contribution in [1.82, 2.24) is 0 Å². The number of hydrogen-bond acceptors (Lipinski definition) is 2. The molecule has 246 valence electrons. The minimum atomic E-state index is -0.0337. The number of hydrogen-bond donors (Lipinski definition) is 0. The smallest absolute Gasteiger partial charge is 0.0468 e. The summed E-state index contributed by atoms with van der Waals surface area (Å²) in [5.41, 5.74) is 13.2. The summed E-state index contributed by atoms with van der Waals surface area (Å²) in [5.74, 6) is 1.00. The normalized spacial score (nSPS) is 16.1. The highest BCUT2D eigenvalue weighted by Gasteiger charge is 2.35. The van der Waals surface area contributed by atoms with Crippen LogP contribution < -0.4 is 4.90 Å². The van der Waals surface area contributed by atoms with Crippen molar-refractivity contribution in [3.63, 3.8) is 0 Å². The third kappa shape index (κ3) is 4.72. The quantitative estimate of drug-likeness (QED) is 0.165. The van der Waals surface area contributed by atoms with Crippen LogP contribution in [-0.4, -0.2) is 0 Å². The number of aryl methyl sites for hydroxylation is 1. The van der Waals surface area contributed by atoms with Crippen molar-refractivity contribution < 1.29 is 0 Å². The summed E-state index contributed by atoms with van der Waals surface area (Å²) < 4.78 is 1.33. The van der Waals surface area contributed by atoms with Gasteiger partial charge in [0.2, 0.25) is 0 Å². The molecule has 1 nitrogen and oxygen atoms in total. The van der Waals surface area contributed by atoms with Gasteiger partial charge >= 0.3 is 0 Å². The molecule has 0 N–H and O–H groups in total. The fraction of sp³-hybridized carbons (Fsp3) is 0.208. The number of thiophene rings is 1. The summed E-state index contributed by atoms with van der Waals surface area (Å²) in [6, 6.07) is 39.3. The van der Waals surface area contributed by atoms with Crippen molar-refractivity contribution >= 4 is 72.2 Å². The molecule has 1 aromatic heterocycles. The van der Waals surface area contributed by atoms with Gasteiger partial charge in [-0.2, -0.15) is 0 Å². The van der Waals surface area contributed by atoms with Gasteiger partial charge in [0.25, 0.3) is 0 Å². The maximum Gasteiger partial charge on any atom is 0.0468 e. The Morgan fingerprint density at radius 2 is 1.38 bits per heavy atom. The van der Waals surface area contributed by atoms with E-state index in [1.165, 1.54) is 92.5 Å². The van der Waals surface area contributed by atoms with E-state index in [0.29, 0.717) is 11.8 Å². The molecule has 7 aromatic rings. The van der Waals surface area contributed by atoms with Crippen LogP contribution in [-0.2, 0) is 5.41 Å². The van der Waals surface area contributed by atoms with Gasteiger partial charge < -0.3 is 4.90 Å². The van der Waals surface area contributed by atoms with Crippen LogP contribution in [0.2, 0.25) is 0 Å². The largest absolute Gasteiger partial charge is 0.310 e. The zero-order chi connectivity index (χ0) is 34.3. The highest BCUT2D eigenvalue weighted by Crippen LogP contribution is 2.51. The van der Waals surface area contributed by atoms with Crippen LogP contribution in [0.3, 0.4) is 0 Å². The highest BCUT2D eigenvalue weighted by molar-refractivity contribution is 7.20. The molecule has 2 aliphatic rings. The molecule has 0 fully saturated rings. The fourth-order valence-corrected chi connectivity index (χ4v) is 9.80. The highest BCUT2D eigenvalue weighted by atomic mass is 32.1. The summed E-state index contributed by atoms with van der Waals surface area (Å²) in [6.45, 7) is 13.9. The Bertz CT molecular complexity index is 2560. The lowest BCUT2D eigenvalue weighted by molar-refractivity contribution is 0.660. The molecule has 50 heavy (non-hydrogen) atoms. The van der Waals surface area contributed by atoms with Gasteiger partial charge in [-0.05, 0) is 140 Å².